The van der Waals surface area contributed by atoms with Crippen LogP contribution in [-0.2, 0) is 33.4 Å². The van der Waals surface area contributed by atoms with Gasteiger partial charge in [0.1, 0.15) is 11.5 Å². The van der Waals surface area contributed by atoms with Gasteiger partial charge in [-0.1, -0.05) is 68.8 Å². The minimum absolute atomic E-state index is 0.00192. The van der Waals surface area contributed by atoms with Crippen LogP contribution in [0.15, 0.2) is 60.7 Å². The lowest BCUT2D eigenvalue weighted by molar-refractivity contribution is -0.120. The number of phenols is 2. The number of benzene rings is 3. The minimum Gasteiger partial charge on any atom is -0.508 e. The number of carbonyl (C=O) groups excluding carboxylic acids is 2. The van der Waals surface area contributed by atoms with E-state index >= 15 is 0 Å². The Hall–Kier alpha value is -3.37. The number of phenolic OH excluding ortho intramolecular Hbond substituents is 2. The highest BCUT2D eigenvalue weighted by molar-refractivity contribution is 6.74. The maximum atomic E-state index is 12.7. The number of halogens is 1. The van der Waals surface area contributed by atoms with E-state index in [0.717, 1.165) is 22.3 Å². The van der Waals surface area contributed by atoms with Crippen molar-refractivity contribution in [1.29, 1.82) is 0 Å². The molecule has 3 aromatic carbocycles. The summed E-state index contributed by atoms with van der Waals surface area (Å²) in [7, 11) is -2.18. The summed E-state index contributed by atoms with van der Waals surface area (Å²) < 4.78 is 6.85. The van der Waals surface area contributed by atoms with E-state index in [4.69, 9.17) is 16.0 Å². The first-order valence-corrected chi connectivity index (χ1v) is 18.1. The molecule has 0 saturated carbocycles. The molecular weight excluding hydrogens is 594 g/mol. The van der Waals surface area contributed by atoms with E-state index in [9.17, 15) is 19.8 Å². The summed E-state index contributed by atoms with van der Waals surface area (Å²) in [5.74, 6) is -0.0381. The molecule has 0 aliphatic rings. The molecular formula is C34H46ClN3O5Si. The Balaban J connectivity index is 1.69. The van der Waals surface area contributed by atoms with Crippen LogP contribution in [0.25, 0.3) is 0 Å². The Morgan fingerprint density at radius 1 is 1.00 bits per heavy atom. The van der Waals surface area contributed by atoms with Crippen molar-refractivity contribution >= 4 is 37.9 Å². The molecule has 0 aliphatic carbocycles. The van der Waals surface area contributed by atoms with Gasteiger partial charge in [0.15, 0.2) is 8.32 Å². The quantitative estimate of drug-likeness (QED) is 0.0747. The second-order valence-electron chi connectivity index (χ2n) is 13.4. The third-order valence-electron chi connectivity index (χ3n) is 8.13. The van der Waals surface area contributed by atoms with Crippen LogP contribution in [0, 0.1) is 0 Å². The van der Waals surface area contributed by atoms with Gasteiger partial charge in [-0.3, -0.25) is 9.59 Å². The Bertz CT molecular complexity index is 1460. The second kappa shape index (κ2) is 14.6. The highest BCUT2D eigenvalue weighted by Gasteiger charge is 2.40. The number of rotatable bonds is 14. The monoisotopic (exact) mass is 639 g/mol. The van der Waals surface area contributed by atoms with E-state index in [1.807, 2.05) is 18.2 Å². The van der Waals surface area contributed by atoms with Gasteiger partial charge < -0.3 is 30.6 Å². The van der Waals surface area contributed by atoms with Crippen molar-refractivity contribution in [2.45, 2.75) is 83.8 Å². The summed E-state index contributed by atoms with van der Waals surface area (Å²) in [5.41, 5.74) is 3.63. The molecule has 0 unspecified atom stereocenters. The molecule has 3 rings (SSSR count). The topological polar surface area (TPSA) is 120 Å². The number of nitrogens with one attached hydrogen (secondary N) is 3. The average molecular weight is 640 g/mol. The summed E-state index contributed by atoms with van der Waals surface area (Å²) in [6, 6.07) is 17.9. The smallest absolute Gasteiger partial charge is 0.224 e. The lowest BCUT2D eigenvalue weighted by Crippen LogP contribution is -2.47. The van der Waals surface area contributed by atoms with Crippen molar-refractivity contribution < 1.29 is 24.2 Å². The largest absolute Gasteiger partial charge is 0.508 e. The Labute approximate surface area is 267 Å². The summed E-state index contributed by atoms with van der Waals surface area (Å²) >= 11 is 6.16. The molecule has 8 nitrogen and oxygen atoms in total. The van der Waals surface area contributed by atoms with E-state index in [-0.39, 0.29) is 47.1 Å². The lowest BCUT2D eigenvalue weighted by atomic mass is 9.93. The first-order valence-electron chi connectivity index (χ1n) is 14.8. The third kappa shape index (κ3) is 10.1. The van der Waals surface area contributed by atoms with Crippen molar-refractivity contribution in [3.05, 3.63) is 87.9 Å². The van der Waals surface area contributed by atoms with Crippen LogP contribution in [0.4, 0.5) is 5.69 Å². The maximum absolute atomic E-state index is 12.7. The number of amides is 2. The number of hydrogen-bond donors (Lipinski definition) is 5. The van der Waals surface area contributed by atoms with Crippen LogP contribution >= 0.6 is 11.6 Å². The van der Waals surface area contributed by atoms with Gasteiger partial charge in [-0.15, -0.1) is 0 Å². The SMILES string of the molecule is CC(C)(Cc1cccc(CC(=O)NCc2ccc(O)cc2Cl)c1)NC[C@H](O[Si](C)(C)C(C)(C)C)c1ccc(O)c(NC=O)c1. The zero-order valence-corrected chi connectivity index (χ0v) is 28.5. The zero-order valence-electron chi connectivity index (χ0n) is 26.8. The van der Waals surface area contributed by atoms with Crippen molar-refractivity contribution in [2.24, 2.45) is 0 Å². The molecule has 0 saturated heterocycles. The number of hydrogen-bond acceptors (Lipinski definition) is 6. The molecule has 0 spiro atoms. The summed E-state index contributed by atoms with van der Waals surface area (Å²) in [4.78, 5) is 23.8. The summed E-state index contributed by atoms with van der Waals surface area (Å²) in [5, 5.41) is 29.3. The standard InChI is InChI=1S/C34H46ClN3O5Si/c1-33(2,3)44(6,7)43-31(25-12-14-30(41)29(17-25)37-22-39)21-38-34(4,5)19-24-10-8-9-23(15-24)16-32(42)36-20-26-11-13-27(40)18-28(26)35/h8-15,17-18,22,31,38,40-41H,16,19-21H2,1-7H3,(H,36,42)(H,37,39)/t31-/m0/s1. The normalized spacial score (nSPS) is 12.9. The molecule has 2 amide bonds. The fraction of sp³-hybridized carbons (Fsp3) is 0.412. The molecule has 0 fully saturated rings. The zero-order chi connectivity index (χ0) is 32.7. The fourth-order valence-corrected chi connectivity index (χ4v) is 6.13. The van der Waals surface area contributed by atoms with Gasteiger partial charge in [0.25, 0.3) is 0 Å². The van der Waals surface area contributed by atoms with Gasteiger partial charge in [0.2, 0.25) is 12.3 Å². The number of aromatic hydroxyl groups is 2. The van der Waals surface area contributed by atoms with E-state index in [1.54, 1.807) is 24.3 Å². The van der Waals surface area contributed by atoms with E-state index in [0.29, 0.717) is 30.1 Å². The van der Waals surface area contributed by atoms with Crippen LogP contribution in [-0.4, -0.2) is 42.9 Å². The first-order chi connectivity index (χ1) is 20.5. The summed E-state index contributed by atoms with van der Waals surface area (Å²) in [6.45, 7) is 16.1. The first kappa shape index (κ1) is 35.1. The van der Waals surface area contributed by atoms with Crippen LogP contribution in [0.3, 0.4) is 0 Å². The molecule has 238 valence electrons. The minimum atomic E-state index is -2.18. The highest BCUT2D eigenvalue weighted by Crippen LogP contribution is 2.40. The average Bonchev–Trinajstić information content (AvgIpc) is 2.91. The van der Waals surface area contributed by atoms with E-state index in [1.165, 1.54) is 6.07 Å². The molecule has 44 heavy (non-hydrogen) atoms. The number of carbonyl (C=O) groups is 2. The molecule has 0 heterocycles. The predicted molar refractivity (Wildman–Crippen MR) is 180 cm³/mol. The van der Waals surface area contributed by atoms with Crippen molar-refractivity contribution in [3.8, 4) is 11.5 Å². The predicted octanol–water partition coefficient (Wildman–Crippen LogP) is 6.85. The molecule has 10 heteroatoms. The molecule has 5 N–H and O–H groups in total. The van der Waals surface area contributed by atoms with Gasteiger partial charge in [0, 0.05) is 23.7 Å². The highest BCUT2D eigenvalue weighted by atomic mass is 35.5. The molecule has 0 bridgehead atoms. The van der Waals surface area contributed by atoms with Gasteiger partial charge in [-0.05, 0) is 84.9 Å². The maximum Gasteiger partial charge on any atom is 0.224 e. The van der Waals surface area contributed by atoms with Gasteiger partial charge in [0.05, 0.1) is 18.2 Å². The van der Waals surface area contributed by atoms with Crippen LogP contribution in [0.1, 0.15) is 63.0 Å². The molecule has 0 aromatic heterocycles. The van der Waals surface area contributed by atoms with Crippen LogP contribution in [0.5, 0.6) is 11.5 Å². The van der Waals surface area contributed by atoms with Crippen LogP contribution in [0.2, 0.25) is 23.2 Å². The summed E-state index contributed by atoms with van der Waals surface area (Å²) in [6.07, 6.45) is 1.19. The lowest BCUT2D eigenvalue weighted by Gasteiger charge is -2.40. The van der Waals surface area contributed by atoms with Gasteiger partial charge >= 0.3 is 0 Å². The second-order valence-corrected chi connectivity index (χ2v) is 18.6. The Morgan fingerprint density at radius 3 is 2.36 bits per heavy atom. The van der Waals surface area contributed by atoms with Gasteiger partial charge in [-0.25, -0.2) is 0 Å². The van der Waals surface area contributed by atoms with Crippen molar-refractivity contribution in [2.75, 3.05) is 11.9 Å². The van der Waals surface area contributed by atoms with E-state index < -0.39 is 8.32 Å². The fourth-order valence-electron chi connectivity index (χ4n) is 4.61. The molecule has 0 radical (unpaired) electrons. The Morgan fingerprint density at radius 2 is 1.70 bits per heavy atom. The molecule has 1 atom stereocenters. The van der Waals surface area contributed by atoms with Gasteiger partial charge in [-0.2, -0.15) is 0 Å². The van der Waals surface area contributed by atoms with E-state index in [2.05, 4.69) is 75.8 Å². The van der Waals surface area contributed by atoms with Crippen molar-refractivity contribution in [1.82, 2.24) is 10.6 Å². The van der Waals surface area contributed by atoms with Crippen molar-refractivity contribution in [3.63, 3.8) is 0 Å². The Kier molecular flexibility index (Phi) is 11.7. The molecule has 3 aromatic rings. The molecule has 0 aliphatic heterocycles. The number of anilines is 1. The van der Waals surface area contributed by atoms with Crippen LogP contribution < -0.4 is 16.0 Å². The third-order valence-corrected chi connectivity index (χ3v) is 13.0.